The van der Waals surface area contributed by atoms with Gasteiger partial charge in [0.25, 0.3) is 0 Å². The molecule has 0 heterocycles. The van der Waals surface area contributed by atoms with Gasteiger partial charge in [0.15, 0.2) is 0 Å². The topological polar surface area (TPSA) is 29.1 Å². The first-order valence-electron chi connectivity index (χ1n) is 7.26. The quantitative estimate of drug-likeness (QED) is 0.486. The highest BCUT2D eigenvalue weighted by Crippen LogP contribution is 2.24. The molecule has 0 aliphatic rings. The maximum atomic E-state index is 11.6. The van der Waals surface area contributed by atoms with Gasteiger partial charge in [0.05, 0.1) is 0 Å². The molecule has 0 saturated heterocycles. The predicted octanol–water partition coefficient (Wildman–Crippen LogP) is 4.66. The van der Waals surface area contributed by atoms with Crippen LogP contribution in [0, 0.1) is 5.41 Å². The largest absolute Gasteiger partial charge is 0.355 e. The van der Waals surface area contributed by atoms with Crippen molar-refractivity contribution in [1.29, 1.82) is 0 Å². The predicted molar refractivity (Wildman–Crippen MR) is 83.2 cm³/mol. The van der Waals surface area contributed by atoms with Crippen molar-refractivity contribution in [3.05, 3.63) is 0 Å². The molecule has 0 aromatic carbocycles. The summed E-state index contributed by atoms with van der Waals surface area (Å²) in [5, 5.41) is 3.01. The van der Waals surface area contributed by atoms with Crippen LogP contribution in [0.3, 0.4) is 0 Å². The summed E-state index contributed by atoms with van der Waals surface area (Å²) in [6, 6.07) is 0. The number of rotatable bonds is 9. The lowest BCUT2D eigenvalue weighted by Gasteiger charge is -2.22. The van der Waals surface area contributed by atoms with Gasteiger partial charge in [-0.2, -0.15) is 0 Å². The number of hydrogen-bond acceptors (Lipinski definition) is 1. The first-order chi connectivity index (χ1) is 8.35. The number of amides is 1. The molecule has 0 bridgehead atoms. The van der Waals surface area contributed by atoms with Crippen LogP contribution in [-0.4, -0.2) is 17.3 Å². The molecule has 0 saturated carbocycles. The van der Waals surface area contributed by atoms with Gasteiger partial charge >= 0.3 is 0 Å². The summed E-state index contributed by atoms with van der Waals surface area (Å²) in [6.45, 7) is 9.60. The Morgan fingerprint density at radius 1 is 1.17 bits per heavy atom. The van der Waals surface area contributed by atoms with E-state index in [1.54, 1.807) is 0 Å². The lowest BCUT2D eigenvalue weighted by molar-refractivity contribution is -0.121. The van der Waals surface area contributed by atoms with E-state index in [-0.39, 0.29) is 5.91 Å². The maximum absolute atomic E-state index is 11.6. The number of alkyl halides is 1. The fourth-order valence-corrected chi connectivity index (χ4v) is 3.07. The molecule has 18 heavy (non-hydrogen) atoms. The zero-order chi connectivity index (χ0) is 14.0. The Bertz CT molecular complexity index is 223. The molecular formula is C15H30BrNO. The average molecular weight is 320 g/mol. The summed E-state index contributed by atoms with van der Waals surface area (Å²) in [4.78, 5) is 12.0. The molecule has 1 amide bonds. The highest BCUT2D eigenvalue weighted by molar-refractivity contribution is 9.09. The fraction of sp³-hybridized carbons (Fsp3) is 0.933. The molecule has 0 spiro atoms. The van der Waals surface area contributed by atoms with Gasteiger partial charge in [0.2, 0.25) is 5.91 Å². The Labute approximate surface area is 121 Å². The fourth-order valence-electron chi connectivity index (χ4n) is 1.94. The van der Waals surface area contributed by atoms with E-state index >= 15 is 0 Å². The van der Waals surface area contributed by atoms with E-state index in [0.29, 0.717) is 16.7 Å². The molecule has 2 nitrogen and oxygen atoms in total. The molecule has 0 radical (unpaired) electrons. The van der Waals surface area contributed by atoms with Crippen molar-refractivity contribution in [3.8, 4) is 0 Å². The smallest absolute Gasteiger partial charge is 0.220 e. The minimum Gasteiger partial charge on any atom is -0.355 e. The van der Waals surface area contributed by atoms with Crippen LogP contribution in [0.4, 0.5) is 0 Å². The minimum atomic E-state index is 0.199. The van der Waals surface area contributed by atoms with Crippen LogP contribution in [0.5, 0.6) is 0 Å². The number of nitrogens with one attached hydrogen (secondary N) is 1. The zero-order valence-electron chi connectivity index (χ0n) is 12.5. The van der Waals surface area contributed by atoms with Crippen molar-refractivity contribution >= 4 is 21.8 Å². The van der Waals surface area contributed by atoms with Gasteiger partial charge in [-0.3, -0.25) is 4.79 Å². The summed E-state index contributed by atoms with van der Waals surface area (Å²) < 4.78 is 0. The molecule has 0 aliphatic carbocycles. The number of unbranched alkanes of at least 4 members (excludes halogenated alkanes) is 4. The molecule has 108 valence electrons. The molecule has 0 rings (SSSR count). The number of carbonyl (C=O) groups is 1. The lowest BCUT2D eigenvalue weighted by Crippen LogP contribution is -2.31. The normalized spacial score (nSPS) is 13.4. The van der Waals surface area contributed by atoms with E-state index < -0.39 is 0 Å². The number of halogens is 1. The highest BCUT2D eigenvalue weighted by Gasteiger charge is 2.16. The Morgan fingerprint density at radius 3 is 2.33 bits per heavy atom. The van der Waals surface area contributed by atoms with Crippen LogP contribution < -0.4 is 5.32 Å². The lowest BCUT2D eigenvalue weighted by atomic mass is 9.90. The van der Waals surface area contributed by atoms with Crippen LogP contribution in [-0.2, 0) is 4.79 Å². The molecule has 1 unspecified atom stereocenters. The number of carbonyl (C=O) groups excluding carboxylic acids is 1. The summed E-state index contributed by atoms with van der Waals surface area (Å²) in [5.41, 5.74) is 0.305. The summed E-state index contributed by atoms with van der Waals surface area (Å²) in [7, 11) is 0. The zero-order valence-corrected chi connectivity index (χ0v) is 14.1. The standard InChI is InChI=1S/C15H30BrNO/c1-5-6-7-8-9-10-14(18)17-12-13(16)11-15(2,3)4/h13H,5-12H2,1-4H3,(H,17,18). The van der Waals surface area contributed by atoms with Crippen LogP contribution in [0.25, 0.3) is 0 Å². The van der Waals surface area contributed by atoms with Crippen molar-refractivity contribution in [3.63, 3.8) is 0 Å². The van der Waals surface area contributed by atoms with Crippen LogP contribution in [0.1, 0.15) is 72.6 Å². The Hall–Kier alpha value is -0.0500. The molecule has 0 aromatic heterocycles. The van der Waals surface area contributed by atoms with Gasteiger partial charge in [0, 0.05) is 17.8 Å². The van der Waals surface area contributed by atoms with E-state index in [4.69, 9.17) is 0 Å². The number of hydrogen-bond donors (Lipinski definition) is 1. The van der Waals surface area contributed by atoms with Gasteiger partial charge in [-0.25, -0.2) is 0 Å². The van der Waals surface area contributed by atoms with Crippen LogP contribution in [0.15, 0.2) is 0 Å². The van der Waals surface area contributed by atoms with E-state index in [1.165, 1.54) is 25.7 Å². The van der Waals surface area contributed by atoms with Gasteiger partial charge in [-0.1, -0.05) is 69.3 Å². The molecule has 1 atom stereocenters. The summed E-state index contributed by atoms with van der Waals surface area (Å²) in [6.07, 6.45) is 7.76. The maximum Gasteiger partial charge on any atom is 0.220 e. The Morgan fingerprint density at radius 2 is 1.78 bits per heavy atom. The third kappa shape index (κ3) is 12.4. The van der Waals surface area contributed by atoms with Gasteiger partial charge in [-0.05, 0) is 18.3 Å². The van der Waals surface area contributed by atoms with E-state index in [9.17, 15) is 4.79 Å². The molecular weight excluding hydrogens is 290 g/mol. The average Bonchev–Trinajstić information content (AvgIpc) is 2.24. The van der Waals surface area contributed by atoms with E-state index in [2.05, 4.69) is 48.9 Å². The molecule has 1 N–H and O–H groups in total. The minimum absolute atomic E-state index is 0.199. The second-order valence-electron chi connectivity index (χ2n) is 6.33. The third-order valence-electron chi connectivity index (χ3n) is 2.86. The van der Waals surface area contributed by atoms with Gasteiger partial charge < -0.3 is 5.32 Å². The van der Waals surface area contributed by atoms with Crippen LogP contribution >= 0.6 is 15.9 Å². The molecule has 0 aromatic rings. The van der Waals surface area contributed by atoms with Crippen molar-refractivity contribution < 1.29 is 4.79 Å². The van der Waals surface area contributed by atoms with E-state index in [0.717, 1.165) is 19.4 Å². The first-order valence-corrected chi connectivity index (χ1v) is 8.17. The second-order valence-corrected chi connectivity index (χ2v) is 7.63. The van der Waals surface area contributed by atoms with Gasteiger partial charge in [-0.15, -0.1) is 0 Å². The summed E-state index contributed by atoms with van der Waals surface area (Å²) >= 11 is 3.63. The first kappa shape index (κ1) is 17.9. The Kier molecular flexibility index (Phi) is 9.80. The third-order valence-corrected chi connectivity index (χ3v) is 3.51. The monoisotopic (exact) mass is 319 g/mol. The molecule has 3 heteroatoms. The second kappa shape index (κ2) is 9.82. The molecule has 0 aliphatic heterocycles. The van der Waals surface area contributed by atoms with Crippen molar-refractivity contribution in [2.24, 2.45) is 5.41 Å². The van der Waals surface area contributed by atoms with Crippen molar-refractivity contribution in [2.45, 2.75) is 77.5 Å². The SMILES string of the molecule is CCCCCCCC(=O)NCC(Br)CC(C)(C)C. The van der Waals surface area contributed by atoms with Crippen molar-refractivity contribution in [2.75, 3.05) is 6.54 Å². The Balaban J connectivity index is 3.52. The van der Waals surface area contributed by atoms with Gasteiger partial charge in [0.1, 0.15) is 0 Å². The van der Waals surface area contributed by atoms with Crippen LogP contribution in [0.2, 0.25) is 0 Å². The highest BCUT2D eigenvalue weighted by atomic mass is 79.9. The van der Waals surface area contributed by atoms with E-state index in [1.807, 2.05) is 0 Å². The van der Waals surface area contributed by atoms with Crippen molar-refractivity contribution in [1.82, 2.24) is 5.32 Å². The summed E-state index contributed by atoms with van der Waals surface area (Å²) in [5.74, 6) is 0.199. The molecule has 0 fully saturated rings.